The fourth-order valence-electron chi connectivity index (χ4n) is 3.48. The molecule has 0 aromatic heterocycles. The van der Waals surface area contributed by atoms with Gasteiger partial charge >= 0.3 is 54.1 Å². The van der Waals surface area contributed by atoms with Crippen LogP contribution in [0.15, 0.2) is 67.3 Å². The molecule has 0 aliphatic heterocycles. The number of aryl methyl sites for hydroxylation is 1. The van der Waals surface area contributed by atoms with E-state index in [4.69, 9.17) is 23.9 Å². The van der Waals surface area contributed by atoms with E-state index in [0.29, 0.717) is 17.5 Å². The Bertz CT molecular complexity index is 1490. The second kappa shape index (κ2) is 34.7. The van der Waals surface area contributed by atoms with Crippen molar-refractivity contribution in [3.63, 3.8) is 0 Å². The zero-order chi connectivity index (χ0) is 42.6. The molecule has 1 aliphatic carbocycles. The van der Waals surface area contributed by atoms with E-state index in [-0.39, 0.29) is 42.0 Å². The summed E-state index contributed by atoms with van der Waals surface area (Å²) in [6.07, 6.45) is 10.9. The van der Waals surface area contributed by atoms with E-state index in [1.54, 1.807) is 25.1 Å². The van der Waals surface area contributed by atoms with Crippen LogP contribution in [0.4, 0.5) is 0 Å². The predicted octanol–water partition coefficient (Wildman–Crippen LogP) is 2.35. The maximum absolute atomic E-state index is 11.4. The molecule has 0 saturated heterocycles. The van der Waals surface area contributed by atoms with E-state index in [1.807, 2.05) is 13.0 Å². The van der Waals surface area contributed by atoms with Crippen molar-refractivity contribution in [2.75, 3.05) is 49.8 Å². The summed E-state index contributed by atoms with van der Waals surface area (Å²) in [6.45, 7) is 6.86. The van der Waals surface area contributed by atoms with Crippen molar-refractivity contribution >= 4 is 54.1 Å². The molecule has 0 radical (unpaired) electrons. The van der Waals surface area contributed by atoms with E-state index >= 15 is 0 Å². The van der Waals surface area contributed by atoms with Crippen molar-refractivity contribution < 1.29 is 85.9 Å². The van der Waals surface area contributed by atoms with Gasteiger partial charge in [-0.2, -0.15) is 19.2 Å². The molecule has 1 aromatic carbocycles. The molecule has 296 valence electrons. The van der Waals surface area contributed by atoms with Crippen LogP contribution >= 0.6 is 0 Å². The molecule has 0 N–H and O–H groups in total. The highest BCUT2D eigenvalue weighted by Crippen LogP contribution is 2.29. The molecule has 2 rings (SSSR count). The number of esters is 7. The van der Waals surface area contributed by atoms with Gasteiger partial charge in [0.1, 0.15) is 0 Å². The van der Waals surface area contributed by atoms with Gasteiger partial charge in [0.2, 0.25) is 0 Å². The van der Waals surface area contributed by atoms with Crippen LogP contribution < -0.4 is 0 Å². The SMILES string of the molecule is C=CC(=O)OC.COC(=O)/C=C/C=C/C(=O)OC.COC(=O)C1C=CC(C)C(C(=O)OC)C1.COC(=O)c1ccc(C)c(C(=O)OC)c1.O=C=O.O=C=O. The molecule has 18 nitrogen and oxygen atoms in total. The third-order valence-electron chi connectivity index (χ3n) is 6.21. The van der Waals surface area contributed by atoms with Gasteiger partial charge in [-0.1, -0.05) is 43.9 Å². The van der Waals surface area contributed by atoms with Crippen molar-refractivity contribution in [1.29, 1.82) is 0 Å². The number of allylic oxidation sites excluding steroid dienone is 3. The van der Waals surface area contributed by atoms with Crippen molar-refractivity contribution in [2.24, 2.45) is 17.8 Å². The molecule has 0 heterocycles. The molecule has 3 atom stereocenters. The summed E-state index contributed by atoms with van der Waals surface area (Å²) in [5.74, 6) is -3.28. The van der Waals surface area contributed by atoms with Gasteiger partial charge in [-0.3, -0.25) is 9.59 Å². The highest BCUT2D eigenvalue weighted by atomic mass is 16.5. The molecule has 1 aromatic rings. The molecule has 0 bridgehead atoms. The Hall–Kier alpha value is -6.77. The lowest BCUT2D eigenvalue weighted by atomic mass is 9.80. The Kier molecular flexibility index (Phi) is 34.7. The van der Waals surface area contributed by atoms with Crippen molar-refractivity contribution in [2.45, 2.75) is 20.3 Å². The first-order chi connectivity index (χ1) is 25.5. The topological polar surface area (TPSA) is 252 Å². The van der Waals surface area contributed by atoms with Gasteiger partial charge in [-0.15, -0.1) is 0 Å². The van der Waals surface area contributed by atoms with Gasteiger partial charge < -0.3 is 33.2 Å². The third kappa shape index (κ3) is 26.1. The minimum Gasteiger partial charge on any atom is -0.469 e. The Labute approximate surface area is 311 Å². The van der Waals surface area contributed by atoms with Crippen molar-refractivity contribution in [1.82, 2.24) is 0 Å². The van der Waals surface area contributed by atoms with Crippen molar-refractivity contribution in [3.8, 4) is 0 Å². The normalized spacial score (nSPS) is 14.3. The quantitative estimate of drug-likeness (QED) is 0.121. The van der Waals surface area contributed by atoms with Crippen LogP contribution in [0, 0.1) is 24.7 Å². The Morgan fingerprint density at radius 3 is 1.44 bits per heavy atom. The first-order valence-corrected chi connectivity index (χ1v) is 14.8. The van der Waals surface area contributed by atoms with Gasteiger partial charge in [0.25, 0.3) is 0 Å². The number of hydrogen-bond acceptors (Lipinski definition) is 18. The van der Waals surface area contributed by atoms with Gasteiger partial charge in [-0.05, 0) is 37.0 Å². The van der Waals surface area contributed by atoms with E-state index in [9.17, 15) is 33.6 Å². The molecule has 0 saturated carbocycles. The maximum atomic E-state index is 11.4. The number of rotatable bonds is 8. The lowest BCUT2D eigenvalue weighted by Crippen LogP contribution is -2.30. The molecular weight excluding hydrogens is 720 g/mol. The number of carbonyl (C=O) groups excluding carboxylic acids is 11. The molecule has 0 fully saturated rings. The predicted molar refractivity (Wildman–Crippen MR) is 182 cm³/mol. The number of hydrogen-bond donors (Lipinski definition) is 0. The Morgan fingerprint density at radius 2 is 1.09 bits per heavy atom. The van der Waals surface area contributed by atoms with Crippen LogP contribution in [-0.4, -0.2) is 104 Å². The molecule has 54 heavy (non-hydrogen) atoms. The maximum Gasteiger partial charge on any atom is 0.373 e. The second-order valence-corrected chi connectivity index (χ2v) is 9.41. The monoisotopic (exact) mass is 764 g/mol. The van der Waals surface area contributed by atoms with E-state index < -0.39 is 29.8 Å². The highest BCUT2D eigenvalue weighted by Gasteiger charge is 2.33. The van der Waals surface area contributed by atoms with Crippen molar-refractivity contribution in [3.05, 3.63) is 84.0 Å². The van der Waals surface area contributed by atoms with E-state index in [0.717, 1.165) is 11.6 Å². The smallest absolute Gasteiger partial charge is 0.373 e. The van der Waals surface area contributed by atoms with Crippen LogP contribution in [0.1, 0.15) is 39.6 Å². The molecule has 0 amide bonds. The Balaban J connectivity index is -0.000000303. The first-order valence-electron chi connectivity index (χ1n) is 14.8. The van der Waals surface area contributed by atoms with Gasteiger partial charge in [0.15, 0.2) is 0 Å². The summed E-state index contributed by atoms with van der Waals surface area (Å²) in [5, 5.41) is 0. The molecule has 1 aliphatic rings. The number of benzene rings is 1. The highest BCUT2D eigenvalue weighted by molar-refractivity contribution is 5.96. The average molecular weight is 765 g/mol. The molecule has 3 unspecified atom stereocenters. The average Bonchev–Trinajstić information content (AvgIpc) is 3.19. The van der Waals surface area contributed by atoms with Crippen LogP contribution in [0.2, 0.25) is 0 Å². The zero-order valence-corrected chi connectivity index (χ0v) is 31.3. The standard InChI is InChI=1S/C11H16O4.C11H12O4.C8H10O4.C4H6O2.2CO2/c2*1-7-4-5-8(10(12)14-2)6-9(7)11(13)15-3;1-11-7(9)5-3-4-6-8(10)12-2;1-3-4(5)6-2;2*2-1-3/h4-5,7-9H,6H2,1-3H3;4-6H,1-3H3;3-6H,1-2H3;3H,1H2,2H3;;/b;;5-3+,6-4+;;;. The molecular formula is C36H44O18. The number of ether oxygens (including phenoxy) is 7. The van der Waals surface area contributed by atoms with Gasteiger partial charge in [-0.25, -0.2) is 24.0 Å². The fraction of sp³-hybridized carbons (Fsp3) is 0.361. The summed E-state index contributed by atoms with van der Waals surface area (Å²) < 4.78 is 31.2. The lowest BCUT2D eigenvalue weighted by molar-refractivity contribution is -0.193. The number of methoxy groups -OCH3 is 7. The summed E-state index contributed by atoms with van der Waals surface area (Å²) in [7, 11) is 9.16. The zero-order valence-electron chi connectivity index (χ0n) is 31.3. The van der Waals surface area contributed by atoms with Crippen LogP contribution in [0.25, 0.3) is 0 Å². The Morgan fingerprint density at radius 1 is 0.648 bits per heavy atom. The molecule has 0 spiro atoms. The van der Waals surface area contributed by atoms with Crippen LogP contribution in [0.5, 0.6) is 0 Å². The van der Waals surface area contributed by atoms with Crippen LogP contribution in [-0.2, 0) is 76.3 Å². The summed E-state index contributed by atoms with van der Waals surface area (Å²) in [4.78, 5) is 109. The molecule has 18 heteroatoms. The van der Waals surface area contributed by atoms with Crippen LogP contribution in [0.3, 0.4) is 0 Å². The van der Waals surface area contributed by atoms with Gasteiger partial charge in [0, 0.05) is 18.2 Å². The minimum absolute atomic E-state index is 0.110. The number of carbonyl (C=O) groups is 7. The third-order valence-corrected chi connectivity index (χ3v) is 6.21. The summed E-state index contributed by atoms with van der Waals surface area (Å²) in [6, 6.07) is 4.75. The lowest BCUT2D eigenvalue weighted by Gasteiger charge is -2.26. The van der Waals surface area contributed by atoms with E-state index in [2.05, 4.69) is 35.0 Å². The summed E-state index contributed by atoms with van der Waals surface area (Å²) in [5.41, 5.74) is 1.47. The minimum atomic E-state index is -0.472. The largest absolute Gasteiger partial charge is 0.469 e. The fourth-order valence-corrected chi connectivity index (χ4v) is 3.48. The van der Waals surface area contributed by atoms with Gasteiger partial charge in [0.05, 0.1) is 72.7 Å². The first kappa shape index (κ1) is 54.0. The van der Waals surface area contributed by atoms with E-state index in [1.165, 1.54) is 80.1 Å². The summed E-state index contributed by atoms with van der Waals surface area (Å²) >= 11 is 0. The second-order valence-electron chi connectivity index (χ2n) is 9.41.